The minimum Gasteiger partial charge on any atom is -0.463 e. The number of hydrogen-bond acceptors (Lipinski definition) is 6. The Morgan fingerprint density at radius 3 is 1.34 bits per heavy atom. The van der Waals surface area contributed by atoms with Crippen molar-refractivity contribution in [3.63, 3.8) is 0 Å². The van der Waals surface area contributed by atoms with Crippen LogP contribution in [0.15, 0.2) is 25.3 Å². The predicted molar refractivity (Wildman–Crippen MR) is 128 cm³/mol. The lowest BCUT2D eigenvalue weighted by atomic mass is 9.88. The molecule has 0 spiro atoms. The van der Waals surface area contributed by atoms with Gasteiger partial charge in [-0.3, -0.25) is 4.79 Å². The number of esters is 1. The fourth-order valence-electron chi connectivity index (χ4n) is 1.61. The van der Waals surface area contributed by atoms with Gasteiger partial charge in [0, 0.05) is 32.8 Å². The molecule has 180 valence electrons. The first-order chi connectivity index (χ1) is 11.8. The molecule has 0 aliphatic rings. The maximum Gasteiger partial charge on any atom is 0.330 e. The molecule has 0 atom stereocenters. The van der Waals surface area contributed by atoms with Gasteiger partial charge in [-0.25, -0.2) is 4.79 Å². The summed E-state index contributed by atoms with van der Waals surface area (Å²) >= 11 is 0. The van der Waals surface area contributed by atoms with Crippen molar-refractivity contribution < 1.29 is 28.5 Å². The molecule has 0 aliphatic carbocycles. The monoisotopic (exact) mass is 424 g/mol. The summed E-state index contributed by atoms with van der Waals surface area (Å²) in [4.78, 5) is 19.9. The third kappa shape index (κ3) is 34.4. The van der Waals surface area contributed by atoms with E-state index in [0.29, 0.717) is 26.4 Å². The summed E-state index contributed by atoms with van der Waals surface area (Å²) in [5.41, 5.74) is 0.0260. The van der Waals surface area contributed by atoms with Crippen LogP contribution >= 0.6 is 0 Å². The van der Waals surface area contributed by atoms with Crippen molar-refractivity contribution in [2.75, 3.05) is 47.8 Å². The number of carbonyl (C=O) groups excluding carboxylic acids is 2. The van der Waals surface area contributed by atoms with E-state index >= 15 is 0 Å². The number of methoxy groups -OCH3 is 3. The molecule has 0 bridgehead atoms. The highest BCUT2D eigenvalue weighted by Gasteiger charge is 2.28. The molecule has 0 unspecified atom stereocenters. The average Bonchev–Trinajstić information content (AvgIpc) is 2.61. The number of allylic oxidation sites excluding steroid dienone is 1. The number of rotatable bonds is 11. The normalized spacial score (nSPS) is 8.34. The molecule has 29 heavy (non-hydrogen) atoms. The van der Waals surface area contributed by atoms with E-state index in [4.69, 9.17) is 14.2 Å². The Hall–Kier alpha value is -1.50. The molecule has 0 aromatic rings. The van der Waals surface area contributed by atoms with Gasteiger partial charge in [0.05, 0.1) is 26.4 Å². The van der Waals surface area contributed by atoms with Crippen LogP contribution < -0.4 is 0 Å². The largest absolute Gasteiger partial charge is 0.463 e. The number of ketones is 1. The van der Waals surface area contributed by atoms with Crippen LogP contribution in [0.4, 0.5) is 0 Å². The lowest BCUT2D eigenvalue weighted by Crippen LogP contribution is -2.35. The second-order valence-electron chi connectivity index (χ2n) is 5.34. The van der Waals surface area contributed by atoms with E-state index in [1.54, 1.807) is 21.3 Å². The van der Waals surface area contributed by atoms with E-state index in [1.807, 2.05) is 6.92 Å². The molecule has 6 heteroatoms. The standard InChI is InChI=1S/C9H20O3.C6H10O2.C4H6O.4CH4/c1-5-9(6-10-2,7-11-3)8-12-4;1-3-5-8-6(7)4-2;1-3-4(2)5;;;;/h5-8H2,1-4H3;4H,2-3,5H2,1H3;3H,1H2,2H3;4*1H4. The van der Waals surface area contributed by atoms with Crippen LogP contribution in [0.5, 0.6) is 0 Å². The Bertz CT molecular complexity index is 336. The van der Waals surface area contributed by atoms with Gasteiger partial charge in [0.1, 0.15) is 0 Å². The van der Waals surface area contributed by atoms with Gasteiger partial charge in [0.2, 0.25) is 0 Å². The maximum atomic E-state index is 10.2. The van der Waals surface area contributed by atoms with E-state index < -0.39 is 0 Å². The van der Waals surface area contributed by atoms with Gasteiger partial charge in [-0.2, -0.15) is 0 Å². The molecule has 0 radical (unpaired) electrons. The van der Waals surface area contributed by atoms with E-state index in [0.717, 1.165) is 18.9 Å². The minimum atomic E-state index is -0.341. The Balaban J connectivity index is -0.0000000505. The van der Waals surface area contributed by atoms with Crippen LogP contribution in [0, 0.1) is 5.41 Å². The molecule has 0 aliphatic heterocycles. The number of ether oxygens (including phenoxy) is 4. The van der Waals surface area contributed by atoms with Gasteiger partial charge in [-0.15, -0.1) is 0 Å². The highest BCUT2D eigenvalue weighted by Crippen LogP contribution is 2.22. The summed E-state index contributed by atoms with van der Waals surface area (Å²) in [5, 5.41) is 0. The van der Waals surface area contributed by atoms with Crippen LogP contribution in [0.2, 0.25) is 0 Å². The molecule has 0 rings (SSSR count). The Labute approximate surface area is 182 Å². The van der Waals surface area contributed by atoms with E-state index in [2.05, 4.69) is 24.8 Å². The summed E-state index contributed by atoms with van der Waals surface area (Å²) < 4.78 is 20.0. The summed E-state index contributed by atoms with van der Waals surface area (Å²) in [6.07, 6.45) is 4.30. The summed E-state index contributed by atoms with van der Waals surface area (Å²) in [6.45, 7) is 14.5. The quantitative estimate of drug-likeness (QED) is 0.310. The van der Waals surface area contributed by atoms with Crippen LogP contribution in [0.25, 0.3) is 0 Å². The van der Waals surface area contributed by atoms with Gasteiger partial charge < -0.3 is 18.9 Å². The first-order valence-electron chi connectivity index (χ1n) is 8.21. The topological polar surface area (TPSA) is 71.1 Å². The van der Waals surface area contributed by atoms with Gasteiger partial charge in [-0.1, -0.05) is 56.7 Å². The summed E-state index contributed by atoms with van der Waals surface area (Å²) in [5.74, 6) is -0.322. The Morgan fingerprint density at radius 1 is 0.828 bits per heavy atom. The zero-order valence-electron chi connectivity index (χ0n) is 16.8. The second kappa shape index (κ2) is 34.0. The first-order valence-corrected chi connectivity index (χ1v) is 8.21. The van der Waals surface area contributed by atoms with Crippen molar-refractivity contribution in [1.29, 1.82) is 0 Å². The maximum absolute atomic E-state index is 10.2. The molecule has 0 aromatic carbocycles. The molecule has 0 heterocycles. The predicted octanol–water partition coefficient (Wildman–Crippen LogP) is 5.75. The lowest BCUT2D eigenvalue weighted by molar-refractivity contribution is -0.137. The Kier molecular flexibility index (Phi) is 53.9. The third-order valence-corrected chi connectivity index (χ3v) is 3.00. The van der Waals surface area contributed by atoms with Gasteiger partial charge >= 0.3 is 5.97 Å². The minimum absolute atomic E-state index is 0. The molecule has 0 amide bonds. The van der Waals surface area contributed by atoms with Gasteiger partial charge in [0.25, 0.3) is 0 Å². The summed E-state index contributed by atoms with van der Waals surface area (Å²) in [6, 6.07) is 0. The van der Waals surface area contributed by atoms with Crippen molar-refractivity contribution >= 4 is 11.8 Å². The van der Waals surface area contributed by atoms with Gasteiger partial charge in [0.15, 0.2) is 5.78 Å². The van der Waals surface area contributed by atoms with E-state index in [1.165, 1.54) is 13.0 Å². The molecule has 0 aromatic heterocycles. The molecule has 0 saturated carbocycles. The fourth-order valence-corrected chi connectivity index (χ4v) is 1.61. The SMILES string of the molecule is C.C.C.C.C=CC(=O)OCCC.C=CC(C)=O.CCC(COC)(COC)COC. The van der Waals surface area contributed by atoms with E-state index in [9.17, 15) is 9.59 Å². The lowest BCUT2D eigenvalue weighted by Gasteiger charge is -2.30. The molecule has 6 nitrogen and oxygen atoms in total. The smallest absolute Gasteiger partial charge is 0.330 e. The van der Waals surface area contributed by atoms with Crippen molar-refractivity contribution in [2.24, 2.45) is 5.41 Å². The zero-order valence-corrected chi connectivity index (χ0v) is 16.8. The van der Waals surface area contributed by atoms with Gasteiger partial charge in [-0.05, 0) is 25.8 Å². The molecular weight excluding hydrogens is 372 g/mol. The molecule has 0 fully saturated rings. The molecule has 0 N–H and O–H groups in total. The fraction of sp³-hybridized carbons (Fsp3) is 0.739. The summed E-state index contributed by atoms with van der Waals surface area (Å²) in [7, 11) is 5.11. The number of carbonyl (C=O) groups is 2. The zero-order chi connectivity index (χ0) is 20.1. The highest BCUT2D eigenvalue weighted by molar-refractivity contribution is 5.86. The average molecular weight is 425 g/mol. The van der Waals surface area contributed by atoms with Crippen LogP contribution in [-0.2, 0) is 28.5 Å². The third-order valence-electron chi connectivity index (χ3n) is 3.00. The molecule has 0 saturated heterocycles. The molecular formula is C23H52O6. The van der Waals surface area contributed by atoms with Crippen LogP contribution in [0.3, 0.4) is 0 Å². The van der Waals surface area contributed by atoms with E-state index in [-0.39, 0.29) is 46.9 Å². The van der Waals surface area contributed by atoms with Crippen molar-refractivity contribution in [3.05, 3.63) is 25.3 Å². The number of hydrogen-bond donors (Lipinski definition) is 0. The van der Waals surface area contributed by atoms with Crippen molar-refractivity contribution in [2.45, 2.75) is 63.3 Å². The Morgan fingerprint density at radius 2 is 1.17 bits per heavy atom. The van der Waals surface area contributed by atoms with Crippen molar-refractivity contribution in [3.8, 4) is 0 Å². The van der Waals surface area contributed by atoms with Crippen molar-refractivity contribution in [1.82, 2.24) is 0 Å². The first kappa shape index (κ1) is 46.0. The second-order valence-corrected chi connectivity index (χ2v) is 5.34. The van der Waals surface area contributed by atoms with Crippen LogP contribution in [0.1, 0.15) is 63.3 Å². The van der Waals surface area contributed by atoms with Crippen LogP contribution in [-0.4, -0.2) is 59.5 Å². The highest BCUT2D eigenvalue weighted by atomic mass is 16.5.